The molecule has 0 bridgehead atoms. The van der Waals surface area contributed by atoms with E-state index >= 15 is 0 Å². The predicted molar refractivity (Wildman–Crippen MR) is 121 cm³/mol. The monoisotopic (exact) mass is 470 g/mol. The van der Waals surface area contributed by atoms with Crippen LogP contribution in [-0.4, -0.2) is 59.3 Å². The molecule has 0 atom stereocenters. The molecule has 0 saturated heterocycles. The maximum Gasteiger partial charge on any atom is 0.311 e. The van der Waals surface area contributed by atoms with Crippen LogP contribution in [0.15, 0.2) is 24.3 Å². The van der Waals surface area contributed by atoms with Crippen LogP contribution in [0.4, 0.5) is 23.0 Å². The second-order valence-electron chi connectivity index (χ2n) is 6.08. The normalized spacial score (nSPS) is 10.1. The number of nitrogens with zero attached hydrogens (tertiary/aromatic N) is 4. The molecule has 2 heterocycles. The minimum absolute atomic E-state index is 0.0119. The second kappa shape index (κ2) is 14.8. The molecule has 0 unspecified atom stereocenters. The number of pyridine rings is 2. The summed E-state index contributed by atoms with van der Waals surface area (Å²) >= 11 is 5.66. The first-order valence-electron chi connectivity index (χ1n) is 9.86. The molecule has 32 heavy (non-hydrogen) atoms. The van der Waals surface area contributed by atoms with Crippen LogP contribution in [0.5, 0.6) is 0 Å². The molecular weight excluding hydrogens is 444 g/mol. The van der Waals surface area contributed by atoms with Gasteiger partial charge in [0.05, 0.1) is 23.1 Å². The first-order chi connectivity index (χ1) is 15.3. The van der Waals surface area contributed by atoms with E-state index in [0.717, 1.165) is 5.69 Å². The van der Waals surface area contributed by atoms with Gasteiger partial charge >= 0.3 is 11.4 Å². The van der Waals surface area contributed by atoms with Gasteiger partial charge in [-0.2, -0.15) is 0 Å². The standard InChI is InChI=1S/C10H15N3O3.C9H12ClN3O3/c1-3-16-7-6-11-10-9(13(14)15)5-4-8(2)12-10;1-2-16-6-5-11-9-7(13(14)15)3-4-8(10)12-9/h4-5H,3,6-7H2,1-2H3,(H,11,12);3-4H,2,5-6H2,1H3,(H,11,12). The summed E-state index contributed by atoms with van der Waals surface area (Å²) in [5.41, 5.74) is 0.632. The van der Waals surface area contributed by atoms with Crippen molar-refractivity contribution in [2.24, 2.45) is 0 Å². The lowest BCUT2D eigenvalue weighted by Crippen LogP contribution is -2.12. The largest absolute Gasteiger partial charge is 0.380 e. The van der Waals surface area contributed by atoms with Crippen molar-refractivity contribution >= 4 is 34.6 Å². The number of ether oxygens (including phenoxy) is 2. The zero-order valence-corrected chi connectivity index (χ0v) is 18.9. The summed E-state index contributed by atoms with van der Waals surface area (Å²) in [4.78, 5) is 28.4. The molecule has 2 aromatic heterocycles. The molecule has 0 aliphatic rings. The van der Waals surface area contributed by atoms with Crippen LogP contribution in [0, 0.1) is 27.2 Å². The lowest BCUT2D eigenvalue weighted by molar-refractivity contribution is -0.384. The molecule has 2 N–H and O–H groups in total. The number of nitrogens with one attached hydrogen (secondary N) is 2. The van der Waals surface area contributed by atoms with Crippen LogP contribution in [0.2, 0.25) is 5.15 Å². The third-order valence-corrected chi connectivity index (χ3v) is 3.94. The van der Waals surface area contributed by atoms with Gasteiger partial charge in [0.2, 0.25) is 11.6 Å². The van der Waals surface area contributed by atoms with Crippen molar-refractivity contribution in [1.29, 1.82) is 0 Å². The van der Waals surface area contributed by atoms with E-state index < -0.39 is 9.85 Å². The van der Waals surface area contributed by atoms with Crippen molar-refractivity contribution in [1.82, 2.24) is 9.97 Å². The van der Waals surface area contributed by atoms with Gasteiger partial charge in [-0.1, -0.05) is 11.6 Å². The fourth-order valence-electron chi connectivity index (χ4n) is 2.30. The van der Waals surface area contributed by atoms with Crippen molar-refractivity contribution < 1.29 is 19.3 Å². The molecule has 13 heteroatoms. The predicted octanol–water partition coefficient (Wildman–Crippen LogP) is 3.84. The average molecular weight is 471 g/mol. The summed E-state index contributed by atoms with van der Waals surface area (Å²) in [5, 5.41) is 27.3. The summed E-state index contributed by atoms with van der Waals surface area (Å²) in [7, 11) is 0. The van der Waals surface area contributed by atoms with Gasteiger partial charge in [-0.15, -0.1) is 0 Å². The smallest absolute Gasteiger partial charge is 0.311 e. The Balaban J connectivity index is 0.000000320. The van der Waals surface area contributed by atoms with Gasteiger partial charge in [0.15, 0.2) is 0 Å². The fourth-order valence-corrected chi connectivity index (χ4v) is 2.45. The van der Waals surface area contributed by atoms with E-state index in [9.17, 15) is 20.2 Å². The van der Waals surface area contributed by atoms with E-state index in [1.165, 1.54) is 18.2 Å². The van der Waals surface area contributed by atoms with Crippen LogP contribution < -0.4 is 10.6 Å². The van der Waals surface area contributed by atoms with E-state index in [1.807, 2.05) is 13.8 Å². The van der Waals surface area contributed by atoms with Crippen molar-refractivity contribution in [3.05, 3.63) is 55.3 Å². The van der Waals surface area contributed by atoms with Gasteiger partial charge < -0.3 is 20.1 Å². The summed E-state index contributed by atoms with van der Waals surface area (Å²) in [6, 6.07) is 5.77. The van der Waals surface area contributed by atoms with Crippen molar-refractivity contribution in [2.45, 2.75) is 20.8 Å². The number of hydrogen-bond donors (Lipinski definition) is 2. The molecule has 176 valence electrons. The summed E-state index contributed by atoms with van der Waals surface area (Å²) in [6.45, 7) is 8.71. The molecule has 12 nitrogen and oxygen atoms in total. The number of nitro groups is 2. The quantitative estimate of drug-likeness (QED) is 0.202. The third kappa shape index (κ3) is 9.81. The van der Waals surface area contributed by atoms with Gasteiger partial charge in [-0.05, 0) is 32.9 Å². The van der Waals surface area contributed by atoms with E-state index in [1.54, 1.807) is 13.0 Å². The Morgan fingerprint density at radius 3 is 1.81 bits per heavy atom. The number of aromatic nitrogens is 2. The highest BCUT2D eigenvalue weighted by molar-refractivity contribution is 6.29. The van der Waals surface area contributed by atoms with Crippen molar-refractivity contribution in [2.75, 3.05) is 50.2 Å². The zero-order chi connectivity index (χ0) is 23.9. The lowest BCUT2D eigenvalue weighted by Gasteiger charge is -2.06. The van der Waals surface area contributed by atoms with E-state index in [0.29, 0.717) is 45.3 Å². The molecule has 0 radical (unpaired) electrons. The molecule has 0 aliphatic carbocycles. The molecule has 2 aromatic rings. The molecule has 0 fully saturated rings. The Morgan fingerprint density at radius 1 is 0.875 bits per heavy atom. The highest BCUT2D eigenvalue weighted by atomic mass is 35.5. The molecular formula is C19H27ClN6O6. The van der Waals surface area contributed by atoms with Crippen LogP contribution in [0.1, 0.15) is 19.5 Å². The first kappa shape index (κ1) is 26.9. The Labute approximate surface area is 190 Å². The maximum atomic E-state index is 10.7. The maximum absolute atomic E-state index is 10.7. The van der Waals surface area contributed by atoms with Crippen molar-refractivity contribution in [3.8, 4) is 0 Å². The Bertz CT molecular complexity index is 814. The van der Waals surface area contributed by atoms with E-state index in [-0.39, 0.29) is 22.3 Å². The number of rotatable bonds is 12. The van der Waals surface area contributed by atoms with Crippen molar-refractivity contribution in [3.63, 3.8) is 0 Å². The summed E-state index contributed by atoms with van der Waals surface area (Å²) in [5.74, 6) is 0.460. The first-order valence-corrected chi connectivity index (χ1v) is 10.2. The third-order valence-electron chi connectivity index (χ3n) is 3.73. The lowest BCUT2D eigenvalue weighted by atomic mass is 10.3. The Hall–Kier alpha value is -3.09. The molecule has 0 aromatic carbocycles. The molecule has 0 aliphatic heterocycles. The average Bonchev–Trinajstić information content (AvgIpc) is 2.74. The van der Waals surface area contributed by atoms with Gasteiger partial charge in [-0.3, -0.25) is 20.2 Å². The number of aryl methyl sites for hydroxylation is 1. The van der Waals surface area contributed by atoms with Gasteiger partial charge in [0.1, 0.15) is 5.15 Å². The molecule has 0 saturated carbocycles. The van der Waals surface area contributed by atoms with E-state index in [2.05, 4.69) is 20.6 Å². The van der Waals surface area contributed by atoms with Gasteiger partial charge in [-0.25, -0.2) is 9.97 Å². The number of anilines is 2. The number of halogens is 1. The highest BCUT2D eigenvalue weighted by Crippen LogP contribution is 2.23. The fraction of sp³-hybridized carbons (Fsp3) is 0.474. The SMILES string of the molecule is CCOCCNc1nc(C)ccc1[N+](=O)[O-].CCOCCNc1nc(Cl)ccc1[N+](=O)[O-]. The minimum Gasteiger partial charge on any atom is -0.380 e. The highest BCUT2D eigenvalue weighted by Gasteiger charge is 2.15. The van der Waals surface area contributed by atoms with E-state index in [4.69, 9.17) is 21.1 Å². The van der Waals surface area contributed by atoms with Crippen LogP contribution in [-0.2, 0) is 9.47 Å². The van der Waals surface area contributed by atoms with Gasteiger partial charge in [0.25, 0.3) is 0 Å². The minimum atomic E-state index is -0.508. The molecule has 2 rings (SSSR count). The van der Waals surface area contributed by atoms with Crippen LogP contribution >= 0.6 is 11.6 Å². The van der Waals surface area contributed by atoms with Gasteiger partial charge in [0, 0.05) is 44.1 Å². The second-order valence-corrected chi connectivity index (χ2v) is 6.47. The van der Waals surface area contributed by atoms with Crippen LogP contribution in [0.25, 0.3) is 0 Å². The summed E-state index contributed by atoms with van der Waals surface area (Å²) < 4.78 is 10.2. The van der Waals surface area contributed by atoms with Crippen LogP contribution in [0.3, 0.4) is 0 Å². The molecule has 0 spiro atoms. The Kier molecular flexibility index (Phi) is 12.5. The number of hydrogen-bond acceptors (Lipinski definition) is 10. The topological polar surface area (TPSA) is 155 Å². The Morgan fingerprint density at radius 2 is 1.34 bits per heavy atom. The molecule has 0 amide bonds. The summed E-state index contributed by atoms with van der Waals surface area (Å²) in [6.07, 6.45) is 0. The zero-order valence-electron chi connectivity index (χ0n) is 18.2.